The number of carbonyl (C=O) groups is 1. The standard InChI is InChI=1S/C20H21ClFN3O5/c1-20(9-26,23-30)10-4-5-24(7-10)17-14(22)6-12-16(15(17)21)25(11-2-3-11)8-13(18(12)27)19(28)29/h6,8,10-11,26H,2-5,7,9H2,1H3,(H,28,29). The number of aromatic nitrogens is 1. The number of carboxylic acids is 1. The van der Waals surface area contributed by atoms with E-state index in [0.29, 0.717) is 18.5 Å². The van der Waals surface area contributed by atoms with Crippen LogP contribution in [0.5, 0.6) is 0 Å². The van der Waals surface area contributed by atoms with Crippen molar-refractivity contribution in [3.63, 3.8) is 0 Å². The van der Waals surface area contributed by atoms with Gasteiger partial charge < -0.3 is 19.7 Å². The molecule has 2 N–H and O–H groups in total. The smallest absolute Gasteiger partial charge is 0.341 e. The van der Waals surface area contributed by atoms with Crippen molar-refractivity contribution in [1.29, 1.82) is 0 Å². The van der Waals surface area contributed by atoms with Gasteiger partial charge in [0.1, 0.15) is 16.9 Å². The Morgan fingerprint density at radius 3 is 2.67 bits per heavy atom. The molecule has 0 radical (unpaired) electrons. The predicted octanol–water partition coefficient (Wildman–Crippen LogP) is 3.17. The minimum atomic E-state index is -1.37. The van der Waals surface area contributed by atoms with Gasteiger partial charge in [0.25, 0.3) is 0 Å². The van der Waals surface area contributed by atoms with Crippen LogP contribution in [-0.4, -0.2) is 46.0 Å². The van der Waals surface area contributed by atoms with Crippen LogP contribution in [-0.2, 0) is 0 Å². The Hall–Kier alpha value is -2.52. The van der Waals surface area contributed by atoms with E-state index in [0.717, 1.165) is 18.9 Å². The molecule has 0 bridgehead atoms. The highest BCUT2D eigenvalue weighted by atomic mass is 35.5. The third kappa shape index (κ3) is 3.16. The summed E-state index contributed by atoms with van der Waals surface area (Å²) in [4.78, 5) is 37.1. The molecule has 1 aromatic heterocycles. The van der Waals surface area contributed by atoms with Crippen molar-refractivity contribution in [1.82, 2.24) is 4.57 Å². The van der Waals surface area contributed by atoms with E-state index in [4.69, 9.17) is 11.6 Å². The first kappa shape index (κ1) is 20.7. The van der Waals surface area contributed by atoms with Gasteiger partial charge in [-0.15, -0.1) is 0 Å². The number of aliphatic hydroxyl groups is 1. The second kappa shape index (κ2) is 7.31. The summed E-state index contributed by atoms with van der Waals surface area (Å²) in [5.41, 5.74) is -1.96. The number of rotatable bonds is 6. The van der Waals surface area contributed by atoms with Crippen LogP contribution in [0, 0.1) is 16.6 Å². The topological polar surface area (TPSA) is 112 Å². The highest BCUT2D eigenvalue weighted by Gasteiger charge is 2.41. The van der Waals surface area contributed by atoms with E-state index in [1.807, 2.05) is 0 Å². The van der Waals surface area contributed by atoms with Gasteiger partial charge in [0.05, 0.1) is 28.2 Å². The molecule has 30 heavy (non-hydrogen) atoms. The first-order chi connectivity index (χ1) is 14.2. The highest BCUT2D eigenvalue weighted by Crippen LogP contribution is 2.43. The zero-order valence-electron chi connectivity index (χ0n) is 16.3. The number of hydrogen-bond acceptors (Lipinski definition) is 6. The molecule has 2 aliphatic rings. The van der Waals surface area contributed by atoms with E-state index in [1.165, 1.54) is 6.20 Å². The summed E-state index contributed by atoms with van der Waals surface area (Å²) in [5.74, 6) is -2.39. The molecular weight excluding hydrogens is 417 g/mol. The lowest BCUT2D eigenvalue weighted by Crippen LogP contribution is -2.38. The lowest BCUT2D eigenvalue weighted by Gasteiger charge is -2.27. The van der Waals surface area contributed by atoms with Gasteiger partial charge in [0.2, 0.25) is 5.43 Å². The number of anilines is 1. The Labute approximate surface area is 175 Å². The van der Waals surface area contributed by atoms with Gasteiger partial charge >= 0.3 is 5.97 Å². The third-order valence-corrected chi connectivity index (χ3v) is 6.63. The van der Waals surface area contributed by atoms with Crippen LogP contribution >= 0.6 is 11.6 Å². The number of carboxylic acid groups (broad SMARTS) is 1. The number of halogens is 2. The second-order valence-electron chi connectivity index (χ2n) is 8.27. The molecule has 1 saturated heterocycles. The van der Waals surface area contributed by atoms with E-state index in [2.05, 4.69) is 5.18 Å². The highest BCUT2D eigenvalue weighted by molar-refractivity contribution is 6.38. The van der Waals surface area contributed by atoms with E-state index in [-0.39, 0.29) is 34.6 Å². The van der Waals surface area contributed by atoms with Crippen molar-refractivity contribution < 1.29 is 19.4 Å². The van der Waals surface area contributed by atoms with Gasteiger partial charge in [-0.2, -0.15) is 4.91 Å². The van der Waals surface area contributed by atoms with E-state index < -0.39 is 34.9 Å². The van der Waals surface area contributed by atoms with Crippen LogP contribution < -0.4 is 10.3 Å². The molecule has 1 aliphatic heterocycles. The minimum Gasteiger partial charge on any atom is -0.477 e. The maximum absolute atomic E-state index is 15.1. The van der Waals surface area contributed by atoms with Gasteiger partial charge in [0, 0.05) is 31.2 Å². The molecule has 2 fully saturated rings. The fraction of sp³-hybridized carbons (Fsp3) is 0.500. The molecule has 1 aromatic carbocycles. The summed E-state index contributed by atoms with van der Waals surface area (Å²) in [7, 11) is 0. The maximum Gasteiger partial charge on any atom is 0.341 e. The van der Waals surface area contributed by atoms with E-state index in [1.54, 1.807) is 16.4 Å². The first-order valence-corrected chi connectivity index (χ1v) is 10.1. The summed E-state index contributed by atoms with van der Waals surface area (Å²) in [6.07, 6.45) is 3.42. The number of pyridine rings is 1. The molecule has 2 atom stereocenters. The number of aliphatic hydroxyl groups excluding tert-OH is 1. The molecule has 10 heteroatoms. The zero-order chi connectivity index (χ0) is 21.8. The molecule has 8 nitrogen and oxygen atoms in total. The second-order valence-corrected chi connectivity index (χ2v) is 8.65. The molecule has 0 spiro atoms. The lowest BCUT2D eigenvalue weighted by atomic mass is 9.86. The van der Waals surface area contributed by atoms with Crippen LogP contribution in [0.15, 0.2) is 22.2 Å². The van der Waals surface area contributed by atoms with E-state index in [9.17, 15) is 24.7 Å². The van der Waals surface area contributed by atoms with Gasteiger partial charge in [-0.05, 0) is 32.3 Å². The van der Waals surface area contributed by atoms with Crippen molar-refractivity contribution in [2.24, 2.45) is 11.1 Å². The summed E-state index contributed by atoms with van der Waals surface area (Å²) < 4.78 is 16.8. The van der Waals surface area contributed by atoms with Crippen molar-refractivity contribution in [2.45, 2.75) is 37.8 Å². The Bertz CT molecular complexity index is 1120. The Morgan fingerprint density at radius 1 is 1.40 bits per heavy atom. The van der Waals surface area contributed by atoms with Gasteiger partial charge in [-0.25, -0.2) is 9.18 Å². The molecule has 160 valence electrons. The number of hydrogen-bond donors (Lipinski definition) is 2. The maximum atomic E-state index is 15.1. The summed E-state index contributed by atoms with van der Waals surface area (Å²) in [5, 5.41) is 22.0. The lowest BCUT2D eigenvalue weighted by molar-refractivity contribution is 0.0695. The van der Waals surface area contributed by atoms with Gasteiger partial charge in [-0.1, -0.05) is 16.8 Å². The van der Waals surface area contributed by atoms with Crippen molar-refractivity contribution >= 4 is 34.2 Å². The van der Waals surface area contributed by atoms with Crippen molar-refractivity contribution in [3.05, 3.63) is 43.8 Å². The largest absolute Gasteiger partial charge is 0.477 e. The van der Waals surface area contributed by atoms with Crippen molar-refractivity contribution in [2.75, 3.05) is 24.6 Å². The van der Waals surface area contributed by atoms with Crippen LogP contribution in [0.25, 0.3) is 10.9 Å². The molecule has 2 heterocycles. The quantitative estimate of drug-likeness (QED) is 0.671. The number of nitroso groups, excluding NO2 is 1. The van der Waals surface area contributed by atoms with Crippen LogP contribution in [0.1, 0.15) is 42.6 Å². The minimum absolute atomic E-state index is 0.00489. The average Bonchev–Trinajstić information content (AvgIpc) is 3.45. The molecular formula is C20H21ClFN3O5. The fourth-order valence-electron chi connectivity index (χ4n) is 4.22. The van der Waals surface area contributed by atoms with Gasteiger partial charge in [0.15, 0.2) is 0 Å². The Kier molecular flexibility index (Phi) is 5.06. The van der Waals surface area contributed by atoms with Gasteiger partial charge in [-0.3, -0.25) is 4.79 Å². The number of benzene rings is 1. The third-order valence-electron chi connectivity index (χ3n) is 6.27. The molecule has 1 aliphatic carbocycles. The normalized spacial score (nSPS) is 21.1. The molecule has 1 saturated carbocycles. The SMILES string of the molecule is CC(CO)(N=O)C1CCN(c2c(F)cc3c(=O)c(C(=O)O)cn(C4CC4)c3c2Cl)C1. The number of nitrogens with zero attached hydrogens (tertiary/aromatic N) is 3. The monoisotopic (exact) mass is 437 g/mol. The van der Waals surface area contributed by atoms with Crippen LogP contribution in [0.2, 0.25) is 5.02 Å². The van der Waals surface area contributed by atoms with Crippen LogP contribution in [0.3, 0.4) is 0 Å². The predicted molar refractivity (Wildman–Crippen MR) is 110 cm³/mol. The molecule has 2 aromatic rings. The Balaban J connectivity index is 1.86. The van der Waals surface area contributed by atoms with Crippen molar-refractivity contribution in [3.8, 4) is 0 Å². The summed E-state index contributed by atoms with van der Waals surface area (Å²) >= 11 is 6.61. The molecule has 2 unspecified atom stereocenters. The average molecular weight is 438 g/mol. The molecule has 0 amide bonds. The van der Waals surface area contributed by atoms with E-state index >= 15 is 4.39 Å². The summed E-state index contributed by atoms with van der Waals surface area (Å²) in [6, 6.07) is 1.05. The van der Waals surface area contributed by atoms with Crippen LogP contribution in [0.4, 0.5) is 10.1 Å². The number of aromatic carboxylic acids is 1. The zero-order valence-corrected chi connectivity index (χ0v) is 17.0. The summed E-state index contributed by atoms with van der Waals surface area (Å²) in [6.45, 7) is 1.82. The molecule has 4 rings (SSSR count). The fourth-order valence-corrected chi connectivity index (χ4v) is 4.63. The first-order valence-electron chi connectivity index (χ1n) is 9.72. The Morgan fingerprint density at radius 2 is 2.10 bits per heavy atom. The number of fused-ring (bicyclic) bond motifs is 1.